The van der Waals surface area contributed by atoms with E-state index in [1.807, 2.05) is 6.07 Å². The monoisotopic (exact) mass is 585 g/mol. The Morgan fingerprint density at radius 2 is 1.98 bits per heavy atom. The summed E-state index contributed by atoms with van der Waals surface area (Å²) in [5, 5.41) is 7.00. The number of fused-ring (bicyclic) bond motifs is 1. The molecule has 212 valence electrons. The van der Waals surface area contributed by atoms with E-state index in [-0.39, 0.29) is 22.0 Å². The molecule has 3 aromatic rings. The number of oxime groups is 1. The Labute approximate surface area is 236 Å². The van der Waals surface area contributed by atoms with Gasteiger partial charge in [-0.25, -0.2) is 18.4 Å². The zero-order valence-corrected chi connectivity index (χ0v) is 23.7. The van der Waals surface area contributed by atoms with E-state index in [1.54, 1.807) is 18.2 Å². The van der Waals surface area contributed by atoms with Gasteiger partial charge in [0, 0.05) is 24.1 Å². The van der Waals surface area contributed by atoms with E-state index in [4.69, 9.17) is 14.3 Å². The molecule has 1 aliphatic carbocycles. The van der Waals surface area contributed by atoms with Gasteiger partial charge in [-0.3, -0.25) is 10.1 Å². The number of thiazole rings is 1. The van der Waals surface area contributed by atoms with Crippen molar-refractivity contribution in [1.82, 2.24) is 14.9 Å². The maximum Gasteiger partial charge on any atom is 0.280 e. The number of benzene rings is 1. The average molecular weight is 586 g/mol. The van der Waals surface area contributed by atoms with E-state index in [9.17, 15) is 13.2 Å². The number of carbonyl (C=O) groups is 1. The molecule has 2 aromatic heterocycles. The Morgan fingerprint density at radius 1 is 1.15 bits per heavy atom. The summed E-state index contributed by atoms with van der Waals surface area (Å²) in [5.41, 5.74) is 1.08. The van der Waals surface area contributed by atoms with E-state index in [0.29, 0.717) is 72.0 Å². The highest BCUT2D eigenvalue weighted by atomic mass is 32.2. The number of carbonyl (C=O) groups excluding carboxylic acids is 1. The number of anilines is 1. The van der Waals surface area contributed by atoms with E-state index in [2.05, 4.69) is 32.4 Å². The highest BCUT2D eigenvalue weighted by Gasteiger charge is 2.37. The Morgan fingerprint density at radius 3 is 2.67 bits per heavy atom. The molecule has 13 heteroatoms. The van der Waals surface area contributed by atoms with Crippen molar-refractivity contribution >= 4 is 48.3 Å². The fraction of sp³-hybridized carbons (Fsp3) is 0.481. The first-order valence-electron chi connectivity index (χ1n) is 13.4. The lowest BCUT2D eigenvalue weighted by Crippen LogP contribution is -2.30. The van der Waals surface area contributed by atoms with Crippen molar-refractivity contribution in [2.24, 2.45) is 5.16 Å². The summed E-state index contributed by atoms with van der Waals surface area (Å²) < 4.78 is 36.5. The van der Waals surface area contributed by atoms with Gasteiger partial charge in [-0.05, 0) is 57.5 Å². The molecule has 2 saturated heterocycles. The molecule has 1 aromatic carbocycles. The minimum atomic E-state index is -3.35. The summed E-state index contributed by atoms with van der Waals surface area (Å²) in [6, 6.07) is 10.2. The molecule has 0 bridgehead atoms. The summed E-state index contributed by atoms with van der Waals surface area (Å²) in [4.78, 5) is 31.2. The number of pyridine rings is 1. The van der Waals surface area contributed by atoms with Gasteiger partial charge < -0.3 is 19.2 Å². The molecule has 11 nitrogen and oxygen atoms in total. The number of hydrogen-bond acceptors (Lipinski definition) is 11. The lowest BCUT2D eigenvalue weighted by Gasteiger charge is -2.19. The van der Waals surface area contributed by atoms with Gasteiger partial charge in [0.1, 0.15) is 17.0 Å². The fourth-order valence-corrected chi connectivity index (χ4v) is 7.27. The van der Waals surface area contributed by atoms with Crippen LogP contribution in [0.15, 0.2) is 46.4 Å². The maximum absolute atomic E-state index is 13.4. The molecule has 6 rings (SSSR count). The van der Waals surface area contributed by atoms with Crippen LogP contribution >= 0.6 is 11.3 Å². The first-order chi connectivity index (χ1) is 19.4. The largest absolute Gasteiger partial charge is 0.476 e. The van der Waals surface area contributed by atoms with Crippen LogP contribution in [0.3, 0.4) is 0 Å². The molecule has 0 unspecified atom stereocenters. The third kappa shape index (κ3) is 5.97. The highest BCUT2D eigenvalue weighted by molar-refractivity contribution is 7.92. The van der Waals surface area contributed by atoms with Gasteiger partial charge in [0.05, 0.1) is 23.4 Å². The minimum Gasteiger partial charge on any atom is -0.476 e. The lowest BCUT2D eigenvalue weighted by molar-refractivity contribution is -0.110. The number of nitrogens with one attached hydrogen (secondary N) is 1. The zero-order chi connectivity index (χ0) is 27.7. The molecule has 2 aliphatic heterocycles. The quantitative estimate of drug-likeness (QED) is 0.281. The molecule has 0 spiro atoms. The van der Waals surface area contributed by atoms with Crippen molar-refractivity contribution in [3.05, 3.63) is 42.0 Å². The molecular formula is C27H31N5O6S2. The predicted octanol–water partition coefficient (Wildman–Crippen LogP) is 3.25. The van der Waals surface area contributed by atoms with Crippen molar-refractivity contribution in [1.29, 1.82) is 0 Å². The van der Waals surface area contributed by atoms with E-state index in [1.165, 1.54) is 29.9 Å². The first-order valence-corrected chi connectivity index (χ1v) is 15.8. The molecule has 40 heavy (non-hydrogen) atoms. The summed E-state index contributed by atoms with van der Waals surface area (Å²) in [5.74, 6) is -0.0125. The molecule has 3 aliphatic rings. The van der Waals surface area contributed by atoms with Gasteiger partial charge in [0.2, 0.25) is 5.88 Å². The number of ether oxygens (including phenoxy) is 2. The van der Waals surface area contributed by atoms with Gasteiger partial charge >= 0.3 is 0 Å². The Kier molecular flexibility index (Phi) is 7.71. The number of likely N-dealkylation sites (N-methyl/N-ethyl adjacent to an activating group) is 1. The zero-order valence-electron chi connectivity index (χ0n) is 22.1. The average Bonchev–Trinajstić information content (AvgIpc) is 3.33. The van der Waals surface area contributed by atoms with Gasteiger partial charge in [-0.15, -0.1) is 0 Å². The van der Waals surface area contributed by atoms with Crippen molar-refractivity contribution in [2.45, 2.75) is 54.4 Å². The second kappa shape index (κ2) is 11.4. The number of nitrogens with zero attached hydrogens (tertiary/aromatic N) is 4. The van der Waals surface area contributed by atoms with E-state index >= 15 is 0 Å². The van der Waals surface area contributed by atoms with Crippen LogP contribution in [0, 0.1) is 0 Å². The fourth-order valence-electron chi connectivity index (χ4n) is 4.78. The number of sulfone groups is 1. The standard InChI is InChI=1S/C27H31N5O6S2/c1-32-13-2-3-18(32)15-37-23-11-10-22-26(29-23)39-27(28-22)30-25(33)24(31-38-19-12-14-36-16-19)17-4-6-20(7-5-17)40(34,35)21-8-9-21/h4-7,10-11,18-19,21H,2-3,8-9,12-16H2,1H3,(H,28,30,33)/t18-,19-/m1/s1. The highest BCUT2D eigenvalue weighted by Crippen LogP contribution is 2.33. The Bertz CT molecular complexity index is 1510. The van der Waals surface area contributed by atoms with Crippen molar-refractivity contribution in [3.8, 4) is 5.88 Å². The minimum absolute atomic E-state index is 0.0131. The smallest absolute Gasteiger partial charge is 0.280 e. The predicted molar refractivity (Wildman–Crippen MR) is 151 cm³/mol. The Hall–Kier alpha value is -3.13. The van der Waals surface area contributed by atoms with Crippen LogP contribution < -0.4 is 10.1 Å². The summed E-state index contributed by atoms with van der Waals surface area (Å²) in [6.45, 7) is 2.61. The van der Waals surface area contributed by atoms with E-state index < -0.39 is 15.7 Å². The summed E-state index contributed by atoms with van der Waals surface area (Å²) in [6.07, 6.45) is 4.05. The summed E-state index contributed by atoms with van der Waals surface area (Å²) in [7, 11) is -1.25. The second-order valence-corrected chi connectivity index (χ2v) is 13.5. The van der Waals surface area contributed by atoms with Crippen LogP contribution in [0.2, 0.25) is 0 Å². The van der Waals surface area contributed by atoms with Crippen molar-refractivity contribution in [2.75, 3.05) is 38.7 Å². The van der Waals surface area contributed by atoms with Gasteiger partial charge in [-0.1, -0.05) is 28.6 Å². The van der Waals surface area contributed by atoms with Gasteiger partial charge in [0.15, 0.2) is 26.8 Å². The third-order valence-corrected chi connectivity index (χ3v) is 10.5. The molecule has 1 saturated carbocycles. The lowest BCUT2D eigenvalue weighted by atomic mass is 10.1. The van der Waals surface area contributed by atoms with Crippen LogP contribution in [-0.4, -0.2) is 85.7 Å². The molecule has 1 N–H and O–H groups in total. The van der Waals surface area contributed by atoms with Gasteiger partial charge in [-0.2, -0.15) is 0 Å². The molecule has 4 heterocycles. The third-order valence-electron chi connectivity index (χ3n) is 7.36. The topological polar surface area (TPSA) is 132 Å². The van der Waals surface area contributed by atoms with Crippen molar-refractivity contribution < 1.29 is 27.5 Å². The molecule has 3 fully saturated rings. The first kappa shape index (κ1) is 27.1. The number of hydrogen-bond donors (Lipinski definition) is 1. The summed E-state index contributed by atoms with van der Waals surface area (Å²) >= 11 is 1.23. The second-order valence-electron chi connectivity index (χ2n) is 10.3. The SMILES string of the molecule is CN1CCC[C@@H]1COc1ccc2nc(NC(=O)C(=NO[C@@H]3CCOC3)c3ccc(S(=O)(=O)C4CC4)cc3)sc2n1. The van der Waals surface area contributed by atoms with Crippen molar-refractivity contribution in [3.63, 3.8) is 0 Å². The number of aromatic nitrogens is 2. The van der Waals surface area contributed by atoms with E-state index in [0.717, 1.165) is 13.0 Å². The number of rotatable bonds is 10. The number of likely N-dealkylation sites (tertiary alicyclic amines) is 1. The molecule has 0 radical (unpaired) electrons. The van der Waals surface area contributed by atoms with Crippen LogP contribution in [-0.2, 0) is 24.2 Å². The van der Waals surface area contributed by atoms with Crippen LogP contribution in [0.25, 0.3) is 10.3 Å². The normalized spacial score (nSPS) is 22.1. The molecule has 2 atom stereocenters. The number of amides is 1. The molecular weight excluding hydrogens is 554 g/mol. The van der Waals surface area contributed by atoms with Crippen LogP contribution in [0.5, 0.6) is 5.88 Å². The van der Waals surface area contributed by atoms with Crippen LogP contribution in [0.1, 0.15) is 37.7 Å². The van der Waals surface area contributed by atoms with Crippen LogP contribution in [0.4, 0.5) is 5.13 Å². The molecule has 1 amide bonds. The van der Waals surface area contributed by atoms with Gasteiger partial charge in [0.25, 0.3) is 5.91 Å². The Balaban J connectivity index is 1.19. The maximum atomic E-state index is 13.4.